The zero-order valence-electron chi connectivity index (χ0n) is 16.3. The number of amides is 1. The monoisotopic (exact) mass is 400 g/mol. The van der Waals surface area contributed by atoms with Crippen LogP contribution in [0.25, 0.3) is 10.2 Å². The number of carbonyl (C=O) groups is 2. The molecule has 0 aliphatic carbocycles. The molecule has 1 amide bonds. The van der Waals surface area contributed by atoms with Gasteiger partial charge in [0.1, 0.15) is 12.2 Å². The average molecular weight is 401 g/mol. The standard InChI is InChI=1S/C20H24N4O3S/c1-4-6-7-14-8-9-15-17(12-14)28-20(24(15)13-18(25)27-5-2)22-19(26)16-10-11-21-23(16)3/h8-12H,4-7,13H2,1-3H3. The summed E-state index contributed by atoms with van der Waals surface area (Å²) in [6.07, 6.45) is 4.81. The van der Waals surface area contributed by atoms with Crippen LogP contribution in [-0.2, 0) is 29.5 Å². The first-order valence-electron chi connectivity index (χ1n) is 9.38. The van der Waals surface area contributed by atoms with Crippen molar-refractivity contribution >= 4 is 33.4 Å². The number of aromatic nitrogens is 3. The van der Waals surface area contributed by atoms with E-state index < -0.39 is 5.91 Å². The second-order valence-electron chi connectivity index (χ2n) is 6.44. The Bertz CT molecular complexity index is 1060. The molecule has 0 aliphatic rings. The number of benzene rings is 1. The van der Waals surface area contributed by atoms with Crippen LogP contribution in [0.5, 0.6) is 0 Å². The molecule has 8 heteroatoms. The molecule has 0 fully saturated rings. The van der Waals surface area contributed by atoms with Crippen LogP contribution in [-0.4, -0.2) is 32.8 Å². The molecule has 0 aliphatic heterocycles. The second-order valence-corrected chi connectivity index (χ2v) is 7.45. The topological polar surface area (TPSA) is 78.5 Å². The largest absolute Gasteiger partial charge is 0.465 e. The van der Waals surface area contributed by atoms with Gasteiger partial charge >= 0.3 is 5.97 Å². The number of rotatable bonds is 7. The number of nitrogens with zero attached hydrogens (tertiary/aromatic N) is 4. The van der Waals surface area contributed by atoms with Crippen molar-refractivity contribution in [1.29, 1.82) is 0 Å². The zero-order valence-corrected chi connectivity index (χ0v) is 17.2. The van der Waals surface area contributed by atoms with Crippen molar-refractivity contribution in [3.63, 3.8) is 0 Å². The van der Waals surface area contributed by atoms with E-state index in [2.05, 4.69) is 29.1 Å². The molecule has 0 saturated carbocycles. The molecule has 0 spiro atoms. The van der Waals surface area contributed by atoms with Gasteiger partial charge in [0.2, 0.25) is 0 Å². The summed E-state index contributed by atoms with van der Waals surface area (Å²) < 4.78 is 9.32. The van der Waals surface area contributed by atoms with Crippen LogP contribution in [0.3, 0.4) is 0 Å². The van der Waals surface area contributed by atoms with E-state index in [1.807, 2.05) is 6.07 Å². The molecule has 2 aromatic heterocycles. The third kappa shape index (κ3) is 4.39. The van der Waals surface area contributed by atoms with E-state index in [-0.39, 0.29) is 12.5 Å². The molecule has 148 valence electrons. The lowest BCUT2D eigenvalue weighted by Gasteiger charge is -2.06. The first kappa shape index (κ1) is 20.0. The predicted molar refractivity (Wildman–Crippen MR) is 108 cm³/mol. The van der Waals surface area contributed by atoms with Gasteiger partial charge in [-0.1, -0.05) is 30.7 Å². The van der Waals surface area contributed by atoms with Gasteiger partial charge in [-0.15, -0.1) is 0 Å². The number of aryl methyl sites for hydroxylation is 2. The highest BCUT2D eigenvalue weighted by Crippen LogP contribution is 2.21. The lowest BCUT2D eigenvalue weighted by atomic mass is 10.1. The number of fused-ring (bicyclic) bond motifs is 1. The maximum atomic E-state index is 12.6. The summed E-state index contributed by atoms with van der Waals surface area (Å²) in [5.41, 5.74) is 2.50. The summed E-state index contributed by atoms with van der Waals surface area (Å²) in [5.74, 6) is -0.748. The van der Waals surface area contributed by atoms with Crippen LogP contribution in [0.15, 0.2) is 35.5 Å². The molecular weight excluding hydrogens is 376 g/mol. The lowest BCUT2D eigenvalue weighted by molar-refractivity contribution is -0.143. The molecule has 28 heavy (non-hydrogen) atoms. The van der Waals surface area contributed by atoms with Crippen molar-refractivity contribution in [2.75, 3.05) is 6.61 Å². The van der Waals surface area contributed by atoms with E-state index in [0.717, 1.165) is 29.5 Å². The van der Waals surface area contributed by atoms with Gasteiger partial charge in [0.15, 0.2) is 4.80 Å². The molecule has 1 aromatic carbocycles. The molecule has 0 saturated heterocycles. The predicted octanol–water partition coefficient (Wildman–Crippen LogP) is 3.08. The highest BCUT2D eigenvalue weighted by Gasteiger charge is 2.14. The third-order valence-electron chi connectivity index (χ3n) is 4.40. The van der Waals surface area contributed by atoms with Gasteiger partial charge in [-0.05, 0) is 43.5 Å². The van der Waals surface area contributed by atoms with E-state index >= 15 is 0 Å². The van der Waals surface area contributed by atoms with Crippen molar-refractivity contribution in [3.8, 4) is 0 Å². The normalized spacial score (nSPS) is 11.9. The van der Waals surface area contributed by atoms with Crippen molar-refractivity contribution in [3.05, 3.63) is 46.5 Å². The fourth-order valence-electron chi connectivity index (χ4n) is 2.96. The Hall–Kier alpha value is -2.74. The number of ether oxygens (including phenoxy) is 1. The zero-order chi connectivity index (χ0) is 20.1. The second kappa shape index (κ2) is 8.97. The van der Waals surface area contributed by atoms with Gasteiger partial charge in [0, 0.05) is 13.2 Å². The number of hydrogen-bond acceptors (Lipinski definition) is 5. The number of carbonyl (C=O) groups excluding carboxylic acids is 2. The number of esters is 1. The van der Waals surface area contributed by atoms with Crippen molar-refractivity contribution in [2.24, 2.45) is 12.0 Å². The van der Waals surface area contributed by atoms with E-state index in [4.69, 9.17) is 4.74 Å². The minimum atomic E-state index is -0.393. The first-order chi connectivity index (χ1) is 13.5. The molecule has 0 atom stereocenters. The van der Waals surface area contributed by atoms with Crippen LogP contribution in [0.4, 0.5) is 0 Å². The maximum absolute atomic E-state index is 12.6. The van der Waals surface area contributed by atoms with Crippen LogP contribution >= 0.6 is 11.3 Å². The Morgan fingerprint density at radius 2 is 2.07 bits per heavy atom. The molecule has 7 nitrogen and oxygen atoms in total. The van der Waals surface area contributed by atoms with E-state index in [0.29, 0.717) is 17.1 Å². The number of hydrogen-bond donors (Lipinski definition) is 0. The van der Waals surface area contributed by atoms with Gasteiger partial charge in [0.25, 0.3) is 5.91 Å². The minimum absolute atomic E-state index is 0.0135. The fraction of sp³-hybridized carbons (Fsp3) is 0.400. The van der Waals surface area contributed by atoms with Crippen molar-refractivity contribution in [2.45, 2.75) is 39.7 Å². The SMILES string of the molecule is CCCCc1ccc2c(c1)sc(=NC(=O)c1ccnn1C)n2CC(=O)OCC. The van der Waals surface area contributed by atoms with Crippen LogP contribution in [0.2, 0.25) is 0 Å². The Kier molecular flexibility index (Phi) is 6.41. The van der Waals surface area contributed by atoms with Crippen LogP contribution < -0.4 is 4.80 Å². The Morgan fingerprint density at radius 3 is 2.75 bits per heavy atom. The van der Waals surface area contributed by atoms with Gasteiger partial charge in [-0.3, -0.25) is 14.3 Å². The lowest BCUT2D eigenvalue weighted by Crippen LogP contribution is -2.23. The minimum Gasteiger partial charge on any atom is -0.465 e. The first-order valence-corrected chi connectivity index (χ1v) is 10.2. The maximum Gasteiger partial charge on any atom is 0.326 e. The Labute approximate surface area is 167 Å². The molecular formula is C20H24N4O3S. The number of unbranched alkanes of at least 4 members (excludes halogenated alkanes) is 1. The highest BCUT2D eigenvalue weighted by molar-refractivity contribution is 7.16. The summed E-state index contributed by atoms with van der Waals surface area (Å²) in [4.78, 5) is 29.5. The van der Waals surface area contributed by atoms with Crippen molar-refractivity contribution in [1.82, 2.24) is 14.3 Å². The van der Waals surface area contributed by atoms with Gasteiger partial charge in [-0.2, -0.15) is 10.1 Å². The number of thiazole rings is 1. The highest BCUT2D eigenvalue weighted by atomic mass is 32.1. The quantitative estimate of drug-likeness (QED) is 0.571. The molecule has 0 bridgehead atoms. The summed E-state index contributed by atoms with van der Waals surface area (Å²) in [5, 5.41) is 4.02. The van der Waals surface area contributed by atoms with Gasteiger partial charge < -0.3 is 9.30 Å². The van der Waals surface area contributed by atoms with Crippen molar-refractivity contribution < 1.29 is 14.3 Å². The summed E-state index contributed by atoms with van der Waals surface area (Å²) in [6, 6.07) is 7.80. The molecule has 0 unspecified atom stereocenters. The molecule has 2 heterocycles. The fourth-order valence-corrected chi connectivity index (χ4v) is 4.05. The van der Waals surface area contributed by atoms with Gasteiger partial charge in [0.05, 0.1) is 16.8 Å². The van der Waals surface area contributed by atoms with E-state index in [9.17, 15) is 9.59 Å². The summed E-state index contributed by atoms with van der Waals surface area (Å²) >= 11 is 1.40. The average Bonchev–Trinajstić information content (AvgIpc) is 3.23. The Balaban J connectivity index is 2.07. The molecule has 3 aromatic rings. The van der Waals surface area contributed by atoms with Crippen LogP contribution in [0.1, 0.15) is 42.7 Å². The summed E-state index contributed by atoms with van der Waals surface area (Å²) in [6.45, 7) is 4.26. The molecule has 0 N–H and O–H groups in total. The van der Waals surface area contributed by atoms with E-state index in [1.165, 1.54) is 21.6 Å². The molecule has 0 radical (unpaired) electrons. The van der Waals surface area contributed by atoms with Crippen LogP contribution in [0, 0.1) is 0 Å². The Morgan fingerprint density at radius 1 is 1.25 bits per heavy atom. The summed E-state index contributed by atoms with van der Waals surface area (Å²) in [7, 11) is 1.69. The smallest absolute Gasteiger partial charge is 0.326 e. The molecule has 3 rings (SSSR count). The van der Waals surface area contributed by atoms with E-state index in [1.54, 1.807) is 30.8 Å². The third-order valence-corrected chi connectivity index (χ3v) is 5.44. The van der Waals surface area contributed by atoms with Gasteiger partial charge in [-0.25, -0.2) is 0 Å².